The molecule has 8 N–H and O–H groups in total. The van der Waals surface area contributed by atoms with E-state index in [1.165, 1.54) is 167 Å². The number of aliphatic hydroxyl groups excluding tert-OH is 7. The molecule has 0 aromatic heterocycles. The molecule has 1 fully saturated rings. The number of rotatable bonds is 49. The molecule has 0 saturated carbocycles. The second-order valence-corrected chi connectivity index (χ2v) is 20.3. The highest BCUT2D eigenvalue weighted by molar-refractivity contribution is 5.80. The summed E-state index contributed by atoms with van der Waals surface area (Å²) in [5.74, 6) is -0.710. The van der Waals surface area contributed by atoms with Gasteiger partial charge in [0.2, 0.25) is 5.91 Å². The van der Waals surface area contributed by atoms with Crippen molar-refractivity contribution in [3.8, 4) is 0 Å². The fourth-order valence-electron chi connectivity index (χ4n) is 9.18. The fourth-order valence-corrected chi connectivity index (χ4v) is 9.18. The Morgan fingerprint density at radius 3 is 1.29 bits per heavy atom. The van der Waals surface area contributed by atoms with Crippen LogP contribution in [0.15, 0.2) is 36.5 Å². The SMILES string of the molecule is CCCCCCCCCCCCCC/C=C/CC/C=C/CC/C=C/CCCC(O)C(O)C(COC1OC(CO)C(O)C(O)C1O)NC(=O)C(O)CCCCCCCCCCCCCCCCCCC. The van der Waals surface area contributed by atoms with Crippen LogP contribution >= 0.6 is 0 Å². The van der Waals surface area contributed by atoms with E-state index in [9.17, 15) is 40.5 Å². The zero-order chi connectivity index (χ0) is 50.4. The summed E-state index contributed by atoms with van der Waals surface area (Å²) in [5, 5.41) is 76.1. The predicted molar refractivity (Wildman–Crippen MR) is 284 cm³/mol. The van der Waals surface area contributed by atoms with Gasteiger partial charge < -0.3 is 50.5 Å². The van der Waals surface area contributed by atoms with Crippen LogP contribution in [0.1, 0.15) is 258 Å². The van der Waals surface area contributed by atoms with Crippen molar-refractivity contribution in [2.45, 2.75) is 313 Å². The van der Waals surface area contributed by atoms with Gasteiger partial charge in [-0.2, -0.15) is 0 Å². The maximum absolute atomic E-state index is 13.2. The number of ether oxygens (including phenoxy) is 2. The van der Waals surface area contributed by atoms with E-state index in [2.05, 4.69) is 55.6 Å². The van der Waals surface area contributed by atoms with Gasteiger partial charge in [0.15, 0.2) is 6.29 Å². The molecule has 1 saturated heterocycles. The van der Waals surface area contributed by atoms with Gasteiger partial charge in [-0.3, -0.25) is 4.79 Å². The summed E-state index contributed by atoms with van der Waals surface area (Å²) in [7, 11) is 0. The van der Waals surface area contributed by atoms with Gasteiger partial charge in [-0.1, -0.05) is 230 Å². The minimum Gasteiger partial charge on any atom is -0.394 e. The Morgan fingerprint density at radius 2 is 0.870 bits per heavy atom. The molecule has 11 heteroatoms. The molecule has 1 amide bonds. The van der Waals surface area contributed by atoms with Gasteiger partial charge >= 0.3 is 0 Å². The standard InChI is InChI=1S/C58H109NO10/c1-3-5-7-9-11-13-15-17-19-21-22-23-24-25-26-27-28-30-31-33-35-37-39-41-43-45-50(61)53(63)49(48-68-58-56(66)55(65)54(64)52(47-60)69-58)59-57(67)51(62)46-44-42-40-38-36-34-32-29-20-18-16-14-12-10-8-6-4-2/h25-26,30-31,37,39,49-56,58,60-66H,3-24,27-29,32-36,38,40-48H2,1-2H3,(H,59,67)/b26-25+,31-30+,39-37+. The highest BCUT2D eigenvalue weighted by Gasteiger charge is 2.44. The quantitative estimate of drug-likeness (QED) is 0.0215. The molecule has 406 valence electrons. The predicted octanol–water partition coefficient (Wildman–Crippen LogP) is 11.9. The first-order valence-corrected chi connectivity index (χ1v) is 28.9. The second-order valence-electron chi connectivity index (χ2n) is 20.3. The van der Waals surface area contributed by atoms with Gasteiger partial charge in [-0.05, 0) is 64.2 Å². The molecule has 1 rings (SSSR count). The molecule has 69 heavy (non-hydrogen) atoms. The molecular weight excluding hydrogens is 871 g/mol. The first-order valence-electron chi connectivity index (χ1n) is 28.9. The van der Waals surface area contributed by atoms with Crippen molar-refractivity contribution in [3.05, 3.63) is 36.5 Å². The number of hydrogen-bond acceptors (Lipinski definition) is 10. The Labute approximate surface area is 422 Å². The van der Waals surface area contributed by atoms with Crippen LogP contribution in [0.2, 0.25) is 0 Å². The van der Waals surface area contributed by atoms with Crippen molar-refractivity contribution in [1.82, 2.24) is 5.32 Å². The number of unbranched alkanes of at least 4 members (excludes halogenated alkanes) is 31. The average molecular weight is 981 g/mol. The summed E-state index contributed by atoms with van der Waals surface area (Å²) in [4.78, 5) is 13.2. The first kappa shape index (κ1) is 65.3. The number of hydrogen-bond donors (Lipinski definition) is 8. The van der Waals surface area contributed by atoms with Crippen molar-refractivity contribution in [1.29, 1.82) is 0 Å². The lowest BCUT2D eigenvalue weighted by molar-refractivity contribution is -0.303. The van der Waals surface area contributed by atoms with E-state index in [4.69, 9.17) is 9.47 Å². The Hall–Kier alpha value is -1.67. The molecule has 0 aliphatic carbocycles. The fraction of sp³-hybridized carbons (Fsp3) is 0.879. The minimum absolute atomic E-state index is 0.243. The van der Waals surface area contributed by atoms with E-state index in [1.807, 2.05) is 0 Å². The third-order valence-electron chi connectivity index (χ3n) is 13.9. The molecule has 0 aromatic carbocycles. The molecule has 0 bridgehead atoms. The monoisotopic (exact) mass is 980 g/mol. The Kier molecular flexibility index (Phi) is 44.8. The largest absolute Gasteiger partial charge is 0.394 e. The smallest absolute Gasteiger partial charge is 0.249 e. The van der Waals surface area contributed by atoms with Crippen molar-refractivity contribution in [2.24, 2.45) is 0 Å². The van der Waals surface area contributed by atoms with Crippen LogP contribution in [-0.4, -0.2) is 110 Å². The van der Waals surface area contributed by atoms with E-state index >= 15 is 0 Å². The zero-order valence-corrected chi connectivity index (χ0v) is 44.3. The van der Waals surface area contributed by atoms with Crippen LogP contribution < -0.4 is 5.32 Å². The average Bonchev–Trinajstić information content (AvgIpc) is 3.35. The van der Waals surface area contributed by atoms with Crippen LogP contribution in [0.5, 0.6) is 0 Å². The van der Waals surface area contributed by atoms with Gasteiger partial charge in [-0.15, -0.1) is 0 Å². The highest BCUT2D eigenvalue weighted by Crippen LogP contribution is 2.23. The molecule has 9 atom stereocenters. The van der Waals surface area contributed by atoms with E-state index in [0.29, 0.717) is 19.3 Å². The molecule has 0 spiro atoms. The van der Waals surface area contributed by atoms with Crippen molar-refractivity contribution < 1.29 is 50.0 Å². The number of nitrogens with one attached hydrogen (secondary N) is 1. The number of aliphatic hydroxyl groups is 7. The van der Waals surface area contributed by atoms with Crippen LogP contribution in [-0.2, 0) is 14.3 Å². The van der Waals surface area contributed by atoms with Crippen LogP contribution in [0.4, 0.5) is 0 Å². The minimum atomic E-state index is -1.67. The Morgan fingerprint density at radius 1 is 0.493 bits per heavy atom. The zero-order valence-electron chi connectivity index (χ0n) is 44.3. The molecular formula is C58H109NO10. The van der Waals surface area contributed by atoms with Gasteiger partial charge in [0, 0.05) is 0 Å². The first-order chi connectivity index (χ1) is 33.7. The van der Waals surface area contributed by atoms with Crippen LogP contribution in [0, 0.1) is 0 Å². The number of amides is 1. The summed E-state index contributed by atoms with van der Waals surface area (Å²) in [5.41, 5.74) is 0. The molecule has 11 nitrogen and oxygen atoms in total. The molecule has 9 unspecified atom stereocenters. The number of carbonyl (C=O) groups is 1. The third-order valence-corrected chi connectivity index (χ3v) is 13.9. The van der Waals surface area contributed by atoms with Gasteiger partial charge in [0.1, 0.15) is 36.6 Å². The topological polar surface area (TPSA) is 189 Å². The molecule has 1 aliphatic rings. The molecule has 1 aliphatic heterocycles. The van der Waals surface area contributed by atoms with Crippen LogP contribution in [0.25, 0.3) is 0 Å². The van der Waals surface area contributed by atoms with Crippen molar-refractivity contribution >= 4 is 5.91 Å². The lowest BCUT2D eigenvalue weighted by Crippen LogP contribution is -2.60. The summed E-state index contributed by atoms with van der Waals surface area (Å²) in [6, 6.07) is -1.19. The Bertz CT molecular complexity index is 1210. The highest BCUT2D eigenvalue weighted by atomic mass is 16.7. The van der Waals surface area contributed by atoms with Crippen molar-refractivity contribution in [3.63, 3.8) is 0 Å². The van der Waals surface area contributed by atoms with Gasteiger partial charge in [0.25, 0.3) is 0 Å². The number of allylic oxidation sites excluding steroid dienone is 6. The summed E-state index contributed by atoms with van der Waals surface area (Å²) < 4.78 is 11.1. The van der Waals surface area contributed by atoms with Crippen molar-refractivity contribution in [2.75, 3.05) is 13.2 Å². The number of carbonyl (C=O) groups excluding carboxylic acids is 1. The maximum Gasteiger partial charge on any atom is 0.249 e. The Balaban J connectivity index is 2.36. The van der Waals surface area contributed by atoms with E-state index in [0.717, 1.165) is 44.9 Å². The van der Waals surface area contributed by atoms with E-state index in [1.54, 1.807) is 0 Å². The molecule has 0 radical (unpaired) electrons. The summed E-state index contributed by atoms with van der Waals surface area (Å²) in [6.07, 6.45) is 46.3. The lowest BCUT2D eigenvalue weighted by Gasteiger charge is -2.40. The van der Waals surface area contributed by atoms with E-state index in [-0.39, 0.29) is 12.8 Å². The van der Waals surface area contributed by atoms with Gasteiger partial charge in [0.05, 0.1) is 25.4 Å². The summed E-state index contributed by atoms with van der Waals surface area (Å²) in [6.45, 7) is 3.45. The van der Waals surface area contributed by atoms with Crippen LogP contribution in [0.3, 0.4) is 0 Å². The normalized spacial score (nSPS) is 20.6. The molecule has 0 aromatic rings. The van der Waals surface area contributed by atoms with E-state index < -0.39 is 74.2 Å². The maximum atomic E-state index is 13.2. The second kappa shape index (κ2) is 47.3. The van der Waals surface area contributed by atoms with Gasteiger partial charge in [-0.25, -0.2) is 0 Å². The molecule has 1 heterocycles. The summed E-state index contributed by atoms with van der Waals surface area (Å²) >= 11 is 0. The third kappa shape index (κ3) is 36.0. The lowest BCUT2D eigenvalue weighted by atomic mass is 9.98.